The number of halogens is 1. The molecule has 2 aromatic carbocycles. The number of H-pyrrole nitrogens is 1. The maximum absolute atomic E-state index is 12.8. The Balaban J connectivity index is 0.00000220. The number of aliphatic hydroxyl groups is 1. The lowest BCUT2D eigenvalue weighted by Gasteiger charge is -2.62. The van der Waals surface area contributed by atoms with E-state index in [-0.39, 0.29) is 54.8 Å². The van der Waals surface area contributed by atoms with Crippen molar-refractivity contribution in [2.75, 3.05) is 13.1 Å². The van der Waals surface area contributed by atoms with Gasteiger partial charge < -0.3 is 19.9 Å². The van der Waals surface area contributed by atoms with Crippen molar-refractivity contribution in [3.63, 3.8) is 0 Å². The van der Waals surface area contributed by atoms with Crippen molar-refractivity contribution in [1.29, 1.82) is 0 Å². The number of fused-ring (bicyclic) bond motifs is 4. The van der Waals surface area contributed by atoms with Crippen molar-refractivity contribution in [2.45, 2.75) is 55.3 Å². The van der Waals surface area contributed by atoms with Gasteiger partial charge in [0.25, 0.3) is 0 Å². The van der Waals surface area contributed by atoms with Gasteiger partial charge in [0.2, 0.25) is 0 Å². The number of hydrogen-bond acceptors (Lipinski definition) is 4. The zero-order valence-corrected chi connectivity index (χ0v) is 18.3. The van der Waals surface area contributed by atoms with Crippen LogP contribution < -0.4 is 4.74 Å². The van der Waals surface area contributed by atoms with Gasteiger partial charge in [-0.2, -0.15) is 0 Å². The molecule has 5 aliphatic rings. The SMILES string of the molecule is Cl.[2H]c1c([2H])c([2H])c2c3c([nH]c2c1[2H])[C@@H]1Oc2c(O)ccc4c2[C@@]12CCN(CC1CC1)[C@H](C4)[C@]2(O)C3. The number of phenolic OH excluding ortho intramolecular Hbond substituents is 1. The Morgan fingerprint density at radius 1 is 1.25 bits per heavy atom. The molecule has 3 aliphatic carbocycles. The second-order valence-electron chi connectivity index (χ2n) is 10.2. The number of phenols is 1. The van der Waals surface area contributed by atoms with Gasteiger partial charge in [-0.3, -0.25) is 4.90 Å². The summed E-state index contributed by atoms with van der Waals surface area (Å²) in [6, 6.07) is 2.78. The zero-order chi connectivity index (χ0) is 24.0. The smallest absolute Gasteiger partial charge is 0.166 e. The lowest BCUT2D eigenvalue weighted by atomic mass is 9.49. The van der Waals surface area contributed by atoms with E-state index in [1.807, 2.05) is 6.07 Å². The first kappa shape index (κ1) is 15.6. The third kappa shape index (κ3) is 2.04. The molecule has 4 atom stereocenters. The van der Waals surface area contributed by atoms with Crippen molar-refractivity contribution < 1.29 is 20.4 Å². The summed E-state index contributed by atoms with van der Waals surface area (Å²) in [5.74, 6) is 1.18. The summed E-state index contributed by atoms with van der Waals surface area (Å²) in [6.45, 7) is 1.81. The summed E-state index contributed by atoms with van der Waals surface area (Å²) in [6.07, 6.45) is 3.50. The maximum Gasteiger partial charge on any atom is 0.166 e. The summed E-state index contributed by atoms with van der Waals surface area (Å²) < 4.78 is 40.1. The molecule has 2 bridgehead atoms. The molecule has 1 saturated heterocycles. The van der Waals surface area contributed by atoms with Crippen LogP contribution in [0, 0.1) is 5.92 Å². The van der Waals surface area contributed by atoms with Gasteiger partial charge >= 0.3 is 0 Å². The van der Waals surface area contributed by atoms with Crippen LogP contribution in [-0.2, 0) is 18.3 Å². The monoisotopic (exact) mass is 454 g/mol. The fraction of sp³-hybridized carbons (Fsp3) is 0.462. The molecule has 32 heavy (non-hydrogen) atoms. The largest absolute Gasteiger partial charge is 0.504 e. The van der Waals surface area contributed by atoms with Gasteiger partial charge in [-0.05, 0) is 61.4 Å². The van der Waals surface area contributed by atoms with E-state index in [0.29, 0.717) is 46.7 Å². The van der Waals surface area contributed by atoms with Gasteiger partial charge in [-0.15, -0.1) is 12.4 Å². The third-order valence-corrected chi connectivity index (χ3v) is 8.80. The van der Waals surface area contributed by atoms with Crippen LogP contribution in [0.3, 0.4) is 0 Å². The fourth-order valence-electron chi connectivity index (χ4n) is 7.32. The molecule has 1 spiro atoms. The van der Waals surface area contributed by atoms with Crippen molar-refractivity contribution in [3.8, 4) is 11.5 Å². The number of rotatable bonds is 2. The molecule has 1 saturated carbocycles. The van der Waals surface area contributed by atoms with Crippen LogP contribution >= 0.6 is 12.4 Å². The Kier molecular flexibility index (Phi) is 2.93. The zero-order valence-electron chi connectivity index (χ0n) is 21.5. The molecule has 166 valence electrons. The third-order valence-electron chi connectivity index (χ3n) is 8.80. The van der Waals surface area contributed by atoms with Gasteiger partial charge in [-0.25, -0.2) is 0 Å². The highest BCUT2D eigenvalue weighted by atomic mass is 35.5. The molecule has 2 fully saturated rings. The van der Waals surface area contributed by atoms with E-state index in [1.54, 1.807) is 6.07 Å². The molecule has 3 aromatic rings. The number of aromatic nitrogens is 1. The molecule has 1 aromatic heterocycles. The molecule has 8 rings (SSSR count). The van der Waals surface area contributed by atoms with Crippen molar-refractivity contribution in [3.05, 3.63) is 58.7 Å². The number of nitrogens with zero attached hydrogens (tertiary/aromatic N) is 1. The molecule has 2 aliphatic heterocycles. The first-order valence-electron chi connectivity index (χ1n) is 13.4. The summed E-state index contributed by atoms with van der Waals surface area (Å²) in [5, 5.41) is 24.0. The highest BCUT2D eigenvalue weighted by Crippen LogP contribution is 2.69. The normalized spacial score (nSPS) is 35.7. The van der Waals surface area contributed by atoms with Crippen LogP contribution in [0.15, 0.2) is 36.3 Å². The number of ether oxygens (including phenoxy) is 1. The van der Waals surface area contributed by atoms with Crippen LogP contribution in [0.2, 0.25) is 0 Å². The minimum atomic E-state index is -1.19. The molecule has 5 nitrogen and oxygen atoms in total. The molecule has 6 heteroatoms. The van der Waals surface area contributed by atoms with Crippen LogP contribution in [0.4, 0.5) is 0 Å². The number of nitrogens with one attached hydrogen (secondary N) is 1. The average Bonchev–Trinajstić information content (AvgIpc) is 3.46. The van der Waals surface area contributed by atoms with Crippen molar-refractivity contribution in [1.82, 2.24) is 9.88 Å². The van der Waals surface area contributed by atoms with Crippen LogP contribution in [0.1, 0.15) is 53.2 Å². The summed E-state index contributed by atoms with van der Waals surface area (Å²) in [4.78, 5) is 5.76. The molecule has 0 unspecified atom stereocenters. The number of benzene rings is 2. The van der Waals surface area contributed by atoms with Crippen LogP contribution in [0.25, 0.3) is 10.9 Å². The molecular formula is C26H27ClN2O3. The Labute approximate surface area is 198 Å². The van der Waals surface area contributed by atoms with Gasteiger partial charge in [0, 0.05) is 35.5 Å². The number of piperidine rings is 1. The topological polar surface area (TPSA) is 68.7 Å². The highest BCUT2D eigenvalue weighted by molar-refractivity contribution is 5.86. The fourth-order valence-corrected chi connectivity index (χ4v) is 7.32. The average molecular weight is 455 g/mol. The molecule has 0 radical (unpaired) electrons. The van der Waals surface area contributed by atoms with E-state index < -0.39 is 17.1 Å². The minimum absolute atomic E-state index is 0. The first-order valence-corrected chi connectivity index (χ1v) is 11.4. The van der Waals surface area contributed by atoms with E-state index in [2.05, 4.69) is 9.88 Å². The predicted octanol–water partition coefficient (Wildman–Crippen LogP) is 3.99. The highest BCUT2D eigenvalue weighted by Gasteiger charge is 2.72. The van der Waals surface area contributed by atoms with E-state index in [0.717, 1.165) is 24.2 Å². The van der Waals surface area contributed by atoms with Gasteiger partial charge in [0.1, 0.15) is 0 Å². The summed E-state index contributed by atoms with van der Waals surface area (Å²) >= 11 is 0. The summed E-state index contributed by atoms with van der Waals surface area (Å²) in [5.41, 5.74) is 1.86. The molecule has 3 heterocycles. The number of aromatic amines is 1. The molecule has 0 amide bonds. The minimum Gasteiger partial charge on any atom is -0.504 e. The van der Waals surface area contributed by atoms with Crippen molar-refractivity contribution >= 4 is 23.3 Å². The second kappa shape index (κ2) is 6.02. The molecular weight excluding hydrogens is 424 g/mol. The van der Waals surface area contributed by atoms with E-state index in [9.17, 15) is 10.2 Å². The summed E-state index contributed by atoms with van der Waals surface area (Å²) in [7, 11) is 0. The number of likely N-dealkylation sites (tertiary alicyclic amines) is 1. The number of para-hydroxylation sites is 1. The van der Waals surface area contributed by atoms with Gasteiger partial charge in [0.05, 0.1) is 22.2 Å². The standard InChI is InChI=1S/C26H26N2O3.ClH/c29-19-8-7-15-11-20-26(30)12-17-16-3-1-2-4-18(16)27-22(17)24-25(26,21(15)23(19)31-24)9-10-28(20)13-14-5-6-14;/h1-4,7-8,14,20,24,27,29-30H,5-6,9-13H2;1H/t20-,24+,25+,26-;/m1./s1/i1D,2D,3D,4D;. The first-order chi connectivity index (χ1) is 16.8. The predicted molar refractivity (Wildman–Crippen MR) is 124 cm³/mol. The molecule has 3 N–H and O–H groups in total. The second-order valence-corrected chi connectivity index (χ2v) is 10.2. The van der Waals surface area contributed by atoms with Crippen LogP contribution in [0.5, 0.6) is 11.5 Å². The van der Waals surface area contributed by atoms with E-state index in [1.165, 1.54) is 12.8 Å². The van der Waals surface area contributed by atoms with E-state index in [4.69, 9.17) is 10.2 Å². The Hall–Kier alpha value is -2.21. The lowest BCUT2D eigenvalue weighted by Crippen LogP contribution is -2.74. The number of hydrogen-bond donors (Lipinski definition) is 3. The Bertz CT molecular complexity index is 1490. The van der Waals surface area contributed by atoms with Crippen molar-refractivity contribution in [2.24, 2.45) is 5.92 Å². The Morgan fingerprint density at radius 2 is 2.09 bits per heavy atom. The van der Waals surface area contributed by atoms with Crippen LogP contribution in [-0.4, -0.2) is 44.8 Å². The van der Waals surface area contributed by atoms with Gasteiger partial charge in [0.15, 0.2) is 17.6 Å². The Morgan fingerprint density at radius 3 is 2.94 bits per heavy atom. The lowest BCUT2D eigenvalue weighted by molar-refractivity contribution is -0.173. The number of aromatic hydroxyl groups is 1. The van der Waals surface area contributed by atoms with E-state index >= 15 is 0 Å². The maximum atomic E-state index is 12.8. The quantitative estimate of drug-likeness (QED) is 0.547. The van der Waals surface area contributed by atoms with Gasteiger partial charge in [-0.1, -0.05) is 24.2 Å².